The molecule has 3 unspecified atom stereocenters. The van der Waals surface area contributed by atoms with Crippen molar-refractivity contribution in [2.45, 2.75) is 55.9 Å². The molecule has 3 aliphatic rings. The molecule has 0 aromatic carbocycles. The van der Waals surface area contributed by atoms with Crippen LogP contribution in [0.25, 0.3) is 0 Å². The smallest absolute Gasteiger partial charge is 0.0448 e. The largest absolute Gasteiger partial charge is 0.329 e. The average molecular weight is 283 g/mol. The van der Waals surface area contributed by atoms with Gasteiger partial charge in [0.1, 0.15) is 0 Å². The van der Waals surface area contributed by atoms with E-state index in [4.69, 9.17) is 5.73 Å². The summed E-state index contributed by atoms with van der Waals surface area (Å²) in [6.07, 6.45) is 6.79. The molecule has 3 atom stereocenters. The van der Waals surface area contributed by atoms with Crippen molar-refractivity contribution >= 4 is 11.8 Å². The van der Waals surface area contributed by atoms with Gasteiger partial charge in [-0.1, -0.05) is 6.92 Å². The van der Waals surface area contributed by atoms with Gasteiger partial charge >= 0.3 is 0 Å². The van der Waals surface area contributed by atoms with E-state index in [1.807, 2.05) is 0 Å². The number of thioether (sulfide) groups is 1. The first-order valence-corrected chi connectivity index (χ1v) is 9.12. The number of nitrogens with zero attached hydrogens (tertiary/aromatic N) is 2. The van der Waals surface area contributed by atoms with E-state index < -0.39 is 0 Å². The van der Waals surface area contributed by atoms with E-state index in [9.17, 15) is 0 Å². The Labute approximate surface area is 122 Å². The van der Waals surface area contributed by atoms with Crippen LogP contribution in [0.3, 0.4) is 0 Å². The molecular weight excluding hydrogens is 254 g/mol. The predicted molar refractivity (Wildman–Crippen MR) is 83.7 cm³/mol. The molecule has 3 rings (SSSR count). The van der Waals surface area contributed by atoms with Gasteiger partial charge in [-0.25, -0.2) is 0 Å². The van der Waals surface area contributed by atoms with E-state index in [0.717, 1.165) is 12.6 Å². The monoisotopic (exact) mass is 283 g/mol. The molecular formula is C15H29N3S. The molecule has 3 fully saturated rings. The first-order valence-electron chi connectivity index (χ1n) is 8.07. The summed E-state index contributed by atoms with van der Waals surface area (Å²) in [7, 11) is 0. The molecule has 0 aromatic heterocycles. The van der Waals surface area contributed by atoms with Crippen LogP contribution in [0.4, 0.5) is 0 Å². The lowest BCUT2D eigenvalue weighted by Crippen LogP contribution is -2.62. The van der Waals surface area contributed by atoms with E-state index in [-0.39, 0.29) is 5.54 Å². The molecule has 110 valence electrons. The maximum absolute atomic E-state index is 6.28. The maximum atomic E-state index is 6.28. The summed E-state index contributed by atoms with van der Waals surface area (Å²) in [6.45, 7) is 8.42. The van der Waals surface area contributed by atoms with Crippen LogP contribution in [-0.2, 0) is 0 Å². The lowest BCUT2D eigenvalue weighted by Gasteiger charge is -2.50. The number of hydrogen-bond donors (Lipinski definition) is 1. The fraction of sp³-hybridized carbons (Fsp3) is 1.00. The second kappa shape index (κ2) is 5.92. The van der Waals surface area contributed by atoms with Gasteiger partial charge < -0.3 is 5.73 Å². The predicted octanol–water partition coefficient (Wildman–Crippen LogP) is 1.77. The van der Waals surface area contributed by atoms with Crippen LogP contribution in [0.5, 0.6) is 0 Å². The summed E-state index contributed by atoms with van der Waals surface area (Å²) in [5.74, 6) is 1.33. The third-order valence-electron chi connectivity index (χ3n) is 5.67. The summed E-state index contributed by atoms with van der Waals surface area (Å²) >= 11 is 2.14. The van der Waals surface area contributed by atoms with Gasteiger partial charge in [-0.05, 0) is 50.9 Å². The molecule has 2 N–H and O–H groups in total. The molecule has 3 heterocycles. The molecule has 0 amide bonds. The molecule has 0 saturated carbocycles. The third kappa shape index (κ3) is 2.57. The maximum Gasteiger partial charge on any atom is 0.0448 e. The fourth-order valence-electron chi connectivity index (χ4n) is 4.42. The number of nitrogens with two attached hydrogens (primary N) is 1. The minimum atomic E-state index is 0.279. The van der Waals surface area contributed by atoms with Crippen LogP contribution in [0.15, 0.2) is 0 Å². The molecule has 0 aromatic rings. The lowest BCUT2D eigenvalue weighted by molar-refractivity contribution is 0.0737. The molecule has 0 aliphatic carbocycles. The lowest BCUT2D eigenvalue weighted by atomic mass is 9.86. The minimum absolute atomic E-state index is 0.279. The van der Waals surface area contributed by atoms with Gasteiger partial charge in [0.05, 0.1) is 0 Å². The second-order valence-electron chi connectivity index (χ2n) is 6.56. The second-order valence-corrected chi connectivity index (χ2v) is 8.00. The molecule has 0 radical (unpaired) electrons. The van der Waals surface area contributed by atoms with Crippen LogP contribution in [-0.4, -0.2) is 65.1 Å². The van der Waals surface area contributed by atoms with Crippen LogP contribution in [0, 0.1) is 0 Å². The Bertz CT molecular complexity index is 312. The van der Waals surface area contributed by atoms with Crippen molar-refractivity contribution in [3.63, 3.8) is 0 Å². The van der Waals surface area contributed by atoms with Crippen LogP contribution < -0.4 is 5.73 Å². The average Bonchev–Trinajstić information content (AvgIpc) is 2.77. The van der Waals surface area contributed by atoms with Gasteiger partial charge in [0.15, 0.2) is 0 Å². The first-order chi connectivity index (χ1) is 9.26. The molecule has 3 nitrogen and oxygen atoms in total. The van der Waals surface area contributed by atoms with Crippen LogP contribution in [0.1, 0.15) is 39.0 Å². The van der Waals surface area contributed by atoms with Gasteiger partial charge in [0, 0.05) is 36.5 Å². The quantitative estimate of drug-likeness (QED) is 0.837. The summed E-state index contributed by atoms with van der Waals surface area (Å²) < 4.78 is 0. The highest BCUT2D eigenvalue weighted by Gasteiger charge is 2.44. The summed E-state index contributed by atoms with van der Waals surface area (Å²) in [5.41, 5.74) is 6.56. The molecule has 19 heavy (non-hydrogen) atoms. The zero-order valence-electron chi connectivity index (χ0n) is 12.3. The van der Waals surface area contributed by atoms with Crippen molar-refractivity contribution in [1.29, 1.82) is 0 Å². The van der Waals surface area contributed by atoms with E-state index in [1.165, 1.54) is 64.0 Å². The van der Waals surface area contributed by atoms with Gasteiger partial charge in [-0.2, -0.15) is 11.8 Å². The molecule has 0 spiro atoms. The van der Waals surface area contributed by atoms with Crippen LogP contribution >= 0.6 is 11.8 Å². The number of hydrogen-bond acceptors (Lipinski definition) is 4. The van der Waals surface area contributed by atoms with E-state index in [0.29, 0.717) is 5.25 Å². The van der Waals surface area contributed by atoms with Crippen molar-refractivity contribution in [3.8, 4) is 0 Å². The first kappa shape index (κ1) is 14.2. The Kier molecular flexibility index (Phi) is 4.42. The van der Waals surface area contributed by atoms with Gasteiger partial charge in [0.25, 0.3) is 0 Å². The minimum Gasteiger partial charge on any atom is -0.329 e. The Balaban J connectivity index is 1.78. The Hall–Kier alpha value is 0.230. The summed E-state index contributed by atoms with van der Waals surface area (Å²) in [6, 6.07) is 0.810. The van der Waals surface area contributed by atoms with Gasteiger partial charge in [0.2, 0.25) is 0 Å². The van der Waals surface area contributed by atoms with Crippen LogP contribution in [0.2, 0.25) is 0 Å². The van der Waals surface area contributed by atoms with Crippen molar-refractivity contribution < 1.29 is 0 Å². The third-order valence-corrected chi connectivity index (χ3v) is 7.13. The fourth-order valence-corrected chi connectivity index (χ4v) is 5.76. The van der Waals surface area contributed by atoms with Crippen molar-refractivity contribution in [2.75, 3.05) is 38.5 Å². The SMILES string of the molecule is CC1SCCCC1(CN)N1CCCN2CCCC2C1. The Morgan fingerprint density at radius 2 is 2.05 bits per heavy atom. The van der Waals surface area contributed by atoms with Crippen molar-refractivity contribution in [2.24, 2.45) is 5.73 Å². The highest BCUT2D eigenvalue weighted by Crippen LogP contribution is 2.39. The molecule has 3 saturated heterocycles. The zero-order valence-corrected chi connectivity index (χ0v) is 13.1. The Morgan fingerprint density at radius 1 is 1.21 bits per heavy atom. The Morgan fingerprint density at radius 3 is 2.84 bits per heavy atom. The van der Waals surface area contributed by atoms with Gasteiger partial charge in [-0.15, -0.1) is 0 Å². The molecule has 0 bridgehead atoms. The van der Waals surface area contributed by atoms with E-state index in [2.05, 4.69) is 28.5 Å². The van der Waals surface area contributed by atoms with Gasteiger partial charge in [-0.3, -0.25) is 9.80 Å². The highest BCUT2D eigenvalue weighted by molar-refractivity contribution is 8.00. The van der Waals surface area contributed by atoms with E-state index >= 15 is 0 Å². The zero-order chi connectivity index (χ0) is 13.3. The normalized spacial score (nSPS) is 42.0. The highest BCUT2D eigenvalue weighted by atomic mass is 32.2. The van der Waals surface area contributed by atoms with Crippen molar-refractivity contribution in [3.05, 3.63) is 0 Å². The number of rotatable bonds is 2. The summed E-state index contributed by atoms with van der Waals surface area (Å²) in [4.78, 5) is 5.52. The van der Waals surface area contributed by atoms with Crippen molar-refractivity contribution in [1.82, 2.24) is 9.80 Å². The molecule has 4 heteroatoms. The topological polar surface area (TPSA) is 32.5 Å². The van der Waals surface area contributed by atoms with E-state index in [1.54, 1.807) is 0 Å². The molecule has 3 aliphatic heterocycles. The summed E-state index contributed by atoms with van der Waals surface area (Å²) in [5, 5.41) is 0.694. The standard InChI is InChI=1S/C15H29N3S/c1-13-15(12-16,6-3-10-19-13)18-9-4-8-17-7-2-5-14(17)11-18/h13-14H,2-12,16H2,1H3. The number of fused-ring (bicyclic) bond motifs is 1.